The first kappa shape index (κ1) is 14.5. The predicted octanol–water partition coefficient (Wildman–Crippen LogP) is 1.57. The molecule has 0 radical (unpaired) electrons. The summed E-state index contributed by atoms with van der Waals surface area (Å²) in [5, 5.41) is 10.9. The van der Waals surface area contributed by atoms with Crippen LogP contribution in [0.15, 0.2) is 22.7 Å². The van der Waals surface area contributed by atoms with Gasteiger partial charge in [-0.15, -0.1) is 0 Å². The van der Waals surface area contributed by atoms with Gasteiger partial charge in [-0.1, -0.05) is 6.07 Å². The zero-order valence-electron chi connectivity index (χ0n) is 10.5. The van der Waals surface area contributed by atoms with Crippen LogP contribution in [0.4, 0.5) is 5.69 Å². The van der Waals surface area contributed by atoms with Gasteiger partial charge in [0.05, 0.1) is 18.1 Å². The van der Waals surface area contributed by atoms with Crippen LogP contribution >= 0.6 is 15.9 Å². The van der Waals surface area contributed by atoms with Crippen molar-refractivity contribution >= 4 is 27.5 Å². The molecule has 0 saturated carbocycles. The van der Waals surface area contributed by atoms with Gasteiger partial charge >= 0.3 is 0 Å². The summed E-state index contributed by atoms with van der Waals surface area (Å²) < 4.78 is 5.64. The number of hydrogen-bond acceptors (Lipinski definition) is 4. The molecule has 0 aliphatic carbocycles. The Hall–Kier alpha value is -1.91. The van der Waals surface area contributed by atoms with Crippen molar-refractivity contribution in [3.63, 3.8) is 0 Å². The van der Waals surface area contributed by atoms with Crippen molar-refractivity contribution in [2.75, 3.05) is 26.3 Å². The van der Waals surface area contributed by atoms with Gasteiger partial charge in [0.25, 0.3) is 11.6 Å². The van der Waals surface area contributed by atoms with Gasteiger partial charge in [-0.2, -0.15) is 0 Å². The fourth-order valence-electron chi connectivity index (χ4n) is 1.75. The molecule has 1 heterocycles. The maximum atomic E-state index is 11.9. The molecule has 6 nitrogen and oxygen atoms in total. The second-order valence-corrected chi connectivity index (χ2v) is 4.90. The number of ether oxygens (including phenoxy) is 1. The van der Waals surface area contributed by atoms with Crippen LogP contribution in [0.2, 0.25) is 0 Å². The topological polar surface area (TPSA) is 72.7 Å². The average molecular weight is 339 g/mol. The first-order valence-electron chi connectivity index (χ1n) is 5.91. The number of hydrogen-bond donors (Lipinski definition) is 0. The summed E-state index contributed by atoms with van der Waals surface area (Å²) in [4.78, 5) is 23.8. The van der Waals surface area contributed by atoms with E-state index in [1.54, 1.807) is 17.0 Å². The molecule has 0 bridgehead atoms. The second kappa shape index (κ2) is 6.50. The van der Waals surface area contributed by atoms with Gasteiger partial charge in [0, 0.05) is 29.5 Å². The zero-order chi connectivity index (χ0) is 14.5. The standard InChI is InChI=1S/C13H11BrN2O4/c14-11-2-1-3-12(16(18)19)10(11)4-5-13(17)15-6-8-20-9-7-15/h1-3H,6-9H2. The molecule has 1 aliphatic rings. The van der Waals surface area contributed by atoms with Gasteiger partial charge in [0.1, 0.15) is 5.56 Å². The van der Waals surface area contributed by atoms with Crippen molar-refractivity contribution in [1.82, 2.24) is 4.90 Å². The SMILES string of the molecule is O=C(C#Cc1c(Br)cccc1[N+](=O)[O-])N1CCOCC1. The van der Waals surface area contributed by atoms with Crippen LogP contribution in [0.1, 0.15) is 5.56 Å². The normalized spacial score (nSPS) is 14.3. The van der Waals surface area contributed by atoms with Crippen molar-refractivity contribution in [2.24, 2.45) is 0 Å². The average Bonchev–Trinajstić information content (AvgIpc) is 2.46. The Bertz CT molecular complexity index is 600. The molecule has 2 rings (SSSR count). The van der Waals surface area contributed by atoms with Crippen LogP contribution < -0.4 is 0 Å². The minimum atomic E-state index is -0.520. The summed E-state index contributed by atoms with van der Waals surface area (Å²) in [6, 6.07) is 4.56. The van der Waals surface area contributed by atoms with E-state index >= 15 is 0 Å². The zero-order valence-corrected chi connectivity index (χ0v) is 12.1. The van der Waals surface area contributed by atoms with Crippen LogP contribution in [0.5, 0.6) is 0 Å². The second-order valence-electron chi connectivity index (χ2n) is 4.05. The summed E-state index contributed by atoms with van der Waals surface area (Å²) >= 11 is 3.21. The first-order valence-corrected chi connectivity index (χ1v) is 6.70. The molecule has 0 aromatic heterocycles. The third-order valence-electron chi connectivity index (χ3n) is 2.78. The number of amides is 1. The number of carbonyl (C=O) groups is 1. The van der Waals surface area contributed by atoms with Crippen LogP contribution in [-0.2, 0) is 9.53 Å². The van der Waals surface area contributed by atoms with Gasteiger partial charge in [0.2, 0.25) is 0 Å². The molecule has 0 atom stereocenters. The van der Waals surface area contributed by atoms with E-state index in [0.29, 0.717) is 30.8 Å². The lowest BCUT2D eigenvalue weighted by Gasteiger charge is -2.24. The van der Waals surface area contributed by atoms with E-state index in [1.165, 1.54) is 6.07 Å². The maximum Gasteiger partial charge on any atom is 0.298 e. The molecule has 0 unspecified atom stereocenters. The minimum absolute atomic E-state index is 0.123. The Morgan fingerprint density at radius 2 is 2.10 bits per heavy atom. The Morgan fingerprint density at radius 3 is 2.75 bits per heavy atom. The van der Waals surface area contributed by atoms with Crippen LogP contribution in [-0.4, -0.2) is 42.0 Å². The number of rotatable bonds is 1. The van der Waals surface area contributed by atoms with Gasteiger partial charge < -0.3 is 9.64 Å². The Balaban J connectivity index is 2.24. The molecule has 20 heavy (non-hydrogen) atoms. The van der Waals surface area contributed by atoms with Gasteiger partial charge in [-0.05, 0) is 27.9 Å². The number of benzene rings is 1. The van der Waals surface area contributed by atoms with Crippen LogP contribution in [0, 0.1) is 22.0 Å². The third kappa shape index (κ3) is 3.35. The third-order valence-corrected chi connectivity index (χ3v) is 3.44. The number of nitrogens with zero attached hydrogens (tertiary/aromatic N) is 2. The summed E-state index contributed by atoms with van der Waals surface area (Å²) in [5.74, 6) is 4.69. The monoisotopic (exact) mass is 338 g/mol. The van der Waals surface area contributed by atoms with Crippen LogP contribution in [0.3, 0.4) is 0 Å². The van der Waals surface area contributed by atoms with Gasteiger partial charge in [-0.3, -0.25) is 14.9 Å². The number of carbonyl (C=O) groups excluding carboxylic acids is 1. The predicted molar refractivity (Wildman–Crippen MR) is 75.1 cm³/mol. The molecule has 1 amide bonds. The number of nitro benzene ring substituents is 1. The summed E-state index contributed by atoms with van der Waals surface area (Å²) in [5.41, 5.74) is 0.0840. The van der Waals surface area contributed by atoms with E-state index in [2.05, 4.69) is 27.8 Å². The summed E-state index contributed by atoms with van der Waals surface area (Å²) in [6.45, 7) is 1.96. The molecule has 1 aliphatic heterocycles. The molecule has 1 fully saturated rings. The van der Waals surface area contributed by atoms with Crippen molar-refractivity contribution < 1.29 is 14.5 Å². The van der Waals surface area contributed by atoms with E-state index in [4.69, 9.17) is 4.74 Å². The smallest absolute Gasteiger partial charge is 0.298 e. The lowest BCUT2D eigenvalue weighted by atomic mass is 10.2. The number of morpholine rings is 1. The largest absolute Gasteiger partial charge is 0.378 e. The molecule has 104 valence electrons. The first-order chi connectivity index (χ1) is 9.59. The summed E-state index contributed by atoms with van der Waals surface area (Å²) in [7, 11) is 0. The molecule has 0 N–H and O–H groups in total. The number of nitro groups is 1. The summed E-state index contributed by atoms with van der Waals surface area (Å²) in [6.07, 6.45) is 0. The highest BCUT2D eigenvalue weighted by Gasteiger charge is 2.17. The Morgan fingerprint density at radius 1 is 1.40 bits per heavy atom. The Labute approximate surface area is 124 Å². The van der Waals surface area contributed by atoms with Gasteiger partial charge in [0.15, 0.2) is 0 Å². The minimum Gasteiger partial charge on any atom is -0.378 e. The fraction of sp³-hybridized carbons (Fsp3) is 0.308. The highest BCUT2D eigenvalue weighted by atomic mass is 79.9. The van der Waals surface area contributed by atoms with E-state index < -0.39 is 4.92 Å². The maximum absolute atomic E-state index is 11.9. The van der Waals surface area contributed by atoms with Crippen molar-refractivity contribution in [1.29, 1.82) is 0 Å². The molecule has 0 spiro atoms. The molecule has 7 heteroatoms. The van der Waals surface area contributed by atoms with Crippen LogP contribution in [0.25, 0.3) is 0 Å². The highest BCUT2D eigenvalue weighted by molar-refractivity contribution is 9.10. The molecule has 1 saturated heterocycles. The Kier molecular flexibility index (Phi) is 4.71. The van der Waals surface area contributed by atoms with Crippen molar-refractivity contribution in [2.45, 2.75) is 0 Å². The fourth-order valence-corrected chi connectivity index (χ4v) is 2.20. The van der Waals surface area contributed by atoms with E-state index in [0.717, 1.165) is 0 Å². The lowest BCUT2D eigenvalue weighted by Crippen LogP contribution is -2.40. The molecular formula is C13H11BrN2O4. The lowest BCUT2D eigenvalue weighted by molar-refractivity contribution is -0.385. The molecule has 1 aromatic carbocycles. The van der Waals surface area contributed by atoms with E-state index in [-0.39, 0.29) is 17.2 Å². The van der Waals surface area contributed by atoms with E-state index in [1.807, 2.05) is 0 Å². The van der Waals surface area contributed by atoms with E-state index in [9.17, 15) is 14.9 Å². The highest BCUT2D eigenvalue weighted by Crippen LogP contribution is 2.25. The van der Waals surface area contributed by atoms with Crippen molar-refractivity contribution in [3.8, 4) is 11.8 Å². The van der Waals surface area contributed by atoms with Crippen molar-refractivity contribution in [3.05, 3.63) is 38.3 Å². The quantitative estimate of drug-likeness (QED) is 0.442. The number of halogens is 1. The molecular weight excluding hydrogens is 328 g/mol. The molecule has 1 aromatic rings. The van der Waals surface area contributed by atoms with Gasteiger partial charge in [-0.25, -0.2) is 0 Å².